The Labute approximate surface area is 103 Å². The zero-order chi connectivity index (χ0) is 13.9. The van der Waals surface area contributed by atoms with Crippen LogP contribution < -0.4 is 11.1 Å². The summed E-state index contributed by atoms with van der Waals surface area (Å²) in [6.45, 7) is 3.55. The lowest BCUT2D eigenvalue weighted by Gasteiger charge is -2.15. The van der Waals surface area contributed by atoms with Crippen LogP contribution in [-0.4, -0.2) is 16.9 Å². The third-order valence-electron chi connectivity index (χ3n) is 2.43. The Bertz CT molecular complexity index is 477. The van der Waals surface area contributed by atoms with Gasteiger partial charge in [-0.05, 0) is 18.1 Å². The zero-order valence-electron chi connectivity index (χ0n) is 10.0. The maximum atomic E-state index is 13.1. The van der Waals surface area contributed by atoms with Crippen molar-refractivity contribution in [2.75, 3.05) is 5.32 Å². The Balaban J connectivity index is 2.89. The van der Waals surface area contributed by atoms with Crippen LogP contribution in [0.3, 0.4) is 0 Å². The first-order valence-electron chi connectivity index (χ1n) is 5.33. The fourth-order valence-corrected chi connectivity index (χ4v) is 1.26. The van der Waals surface area contributed by atoms with Gasteiger partial charge in [0.05, 0.1) is 11.0 Å². The van der Waals surface area contributed by atoms with Crippen LogP contribution in [0.2, 0.25) is 0 Å². The number of halogens is 1. The first-order valence-corrected chi connectivity index (χ1v) is 5.33. The van der Waals surface area contributed by atoms with Gasteiger partial charge in [-0.25, -0.2) is 0 Å². The topological polar surface area (TPSA) is 98.3 Å². The van der Waals surface area contributed by atoms with E-state index in [0.717, 1.165) is 12.1 Å². The number of nitrogens with one attached hydrogen (secondary N) is 1. The molecule has 7 heteroatoms. The second kappa shape index (κ2) is 5.54. The molecule has 0 bridgehead atoms. The van der Waals surface area contributed by atoms with Crippen molar-refractivity contribution in [3.05, 3.63) is 34.1 Å². The highest BCUT2D eigenvalue weighted by Gasteiger charge is 2.19. The number of amides is 1. The van der Waals surface area contributed by atoms with Gasteiger partial charge >= 0.3 is 5.69 Å². The Morgan fingerprint density at radius 3 is 2.61 bits per heavy atom. The molecule has 3 N–H and O–H groups in total. The van der Waals surface area contributed by atoms with Crippen molar-refractivity contribution in [2.24, 2.45) is 11.7 Å². The summed E-state index contributed by atoms with van der Waals surface area (Å²) in [4.78, 5) is 21.3. The quantitative estimate of drug-likeness (QED) is 0.631. The van der Waals surface area contributed by atoms with Gasteiger partial charge in [0.1, 0.15) is 0 Å². The molecule has 6 nitrogen and oxygen atoms in total. The van der Waals surface area contributed by atoms with Gasteiger partial charge in [0.25, 0.3) is 0 Å². The van der Waals surface area contributed by atoms with Crippen molar-refractivity contribution in [1.29, 1.82) is 0 Å². The van der Waals surface area contributed by atoms with E-state index in [1.165, 1.54) is 6.07 Å². The summed E-state index contributed by atoms with van der Waals surface area (Å²) < 4.78 is 13.1. The highest BCUT2D eigenvalue weighted by molar-refractivity contribution is 5.95. The molecule has 1 unspecified atom stereocenters. The second-order valence-electron chi connectivity index (χ2n) is 4.18. The van der Waals surface area contributed by atoms with Gasteiger partial charge in [-0.3, -0.25) is 14.9 Å². The first kappa shape index (κ1) is 14.0. The number of nitro benzene ring substituents is 1. The van der Waals surface area contributed by atoms with Gasteiger partial charge < -0.3 is 11.1 Å². The Kier molecular flexibility index (Phi) is 4.33. The van der Waals surface area contributed by atoms with Gasteiger partial charge in [0, 0.05) is 11.8 Å². The Morgan fingerprint density at radius 1 is 1.50 bits per heavy atom. The van der Waals surface area contributed by atoms with E-state index >= 15 is 0 Å². The smallest absolute Gasteiger partial charge is 0.306 e. The van der Waals surface area contributed by atoms with Crippen molar-refractivity contribution in [3.63, 3.8) is 0 Å². The van der Waals surface area contributed by atoms with Gasteiger partial charge in [0.2, 0.25) is 11.7 Å². The lowest BCUT2D eigenvalue weighted by molar-refractivity contribution is -0.387. The number of benzene rings is 1. The molecule has 18 heavy (non-hydrogen) atoms. The molecule has 1 aromatic rings. The average Bonchev–Trinajstić information content (AvgIpc) is 2.29. The van der Waals surface area contributed by atoms with Gasteiger partial charge in [-0.15, -0.1) is 0 Å². The van der Waals surface area contributed by atoms with Crippen LogP contribution in [0.15, 0.2) is 18.2 Å². The molecule has 0 aliphatic heterocycles. The minimum Gasteiger partial charge on any atom is -0.324 e. The van der Waals surface area contributed by atoms with Gasteiger partial charge in [0.15, 0.2) is 0 Å². The minimum absolute atomic E-state index is 0.0690. The molecule has 0 saturated heterocycles. The normalized spacial score (nSPS) is 12.3. The molecular weight excluding hydrogens is 241 g/mol. The minimum atomic E-state index is -0.953. The lowest BCUT2D eigenvalue weighted by atomic mass is 10.0. The second-order valence-corrected chi connectivity index (χ2v) is 4.18. The fourth-order valence-electron chi connectivity index (χ4n) is 1.26. The molecule has 1 atom stereocenters. The number of hydrogen-bond donors (Lipinski definition) is 2. The predicted octanol–water partition coefficient (Wildman–Crippen LogP) is 1.66. The molecule has 0 fully saturated rings. The largest absolute Gasteiger partial charge is 0.324 e. The van der Waals surface area contributed by atoms with E-state index < -0.39 is 28.4 Å². The van der Waals surface area contributed by atoms with E-state index in [1.54, 1.807) is 13.8 Å². The summed E-state index contributed by atoms with van der Waals surface area (Å²) in [5.41, 5.74) is 5.07. The van der Waals surface area contributed by atoms with E-state index in [-0.39, 0.29) is 11.6 Å². The number of carbonyl (C=O) groups is 1. The number of carbonyl (C=O) groups excluding carboxylic acids is 1. The van der Waals surface area contributed by atoms with Crippen LogP contribution in [0.1, 0.15) is 13.8 Å². The SMILES string of the molecule is CC(C)C(N)C(=O)Nc1ccc(F)c([N+](=O)[O-])c1. The molecule has 0 heterocycles. The lowest BCUT2D eigenvalue weighted by Crippen LogP contribution is -2.39. The fraction of sp³-hybridized carbons (Fsp3) is 0.364. The van der Waals surface area contributed by atoms with Crippen LogP contribution in [0.4, 0.5) is 15.8 Å². The van der Waals surface area contributed by atoms with E-state index in [2.05, 4.69) is 5.32 Å². The summed E-state index contributed by atoms with van der Waals surface area (Å²) in [5.74, 6) is -1.49. The standard InChI is InChI=1S/C11H14FN3O3/c1-6(2)10(13)11(16)14-7-3-4-8(12)9(5-7)15(17)18/h3-6,10H,13H2,1-2H3,(H,14,16). The molecule has 0 spiro atoms. The summed E-state index contributed by atoms with van der Waals surface area (Å²) in [5, 5.41) is 12.9. The Morgan fingerprint density at radius 2 is 2.11 bits per heavy atom. The number of nitrogens with two attached hydrogens (primary N) is 1. The van der Waals surface area contributed by atoms with Crippen molar-refractivity contribution in [1.82, 2.24) is 0 Å². The zero-order valence-corrected chi connectivity index (χ0v) is 10.0. The number of rotatable bonds is 4. The van der Waals surface area contributed by atoms with Crippen molar-refractivity contribution in [3.8, 4) is 0 Å². The summed E-state index contributed by atoms with van der Waals surface area (Å²) in [7, 11) is 0. The van der Waals surface area contributed by atoms with E-state index in [0.29, 0.717) is 0 Å². The van der Waals surface area contributed by atoms with Crippen LogP contribution in [-0.2, 0) is 4.79 Å². The maximum absolute atomic E-state index is 13.1. The van der Waals surface area contributed by atoms with Crippen LogP contribution >= 0.6 is 0 Å². The third-order valence-corrected chi connectivity index (χ3v) is 2.43. The van der Waals surface area contributed by atoms with E-state index in [4.69, 9.17) is 5.73 Å². The molecule has 0 aromatic heterocycles. The van der Waals surface area contributed by atoms with E-state index in [9.17, 15) is 19.3 Å². The third kappa shape index (κ3) is 3.24. The van der Waals surface area contributed by atoms with E-state index in [1.807, 2.05) is 0 Å². The summed E-state index contributed by atoms with van der Waals surface area (Å²) >= 11 is 0. The highest BCUT2D eigenvalue weighted by Crippen LogP contribution is 2.21. The number of nitrogens with zero attached hydrogens (tertiary/aromatic N) is 1. The maximum Gasteiger partial charge on any atom is 0.306 e. The van der Waals surface area contributed by atoms with Gasteiger partial charge in [-0.1, -0.05) is 13.8 Å². The predicted molar refractivity (Wildman–Crippen MR) is 64.5 cm³/mol. The van der Waals surface area contributed by atoms with Gasteiger partial charge in [-0.2, -0.15) is 4.39 Å². The number of nitro groups is 1. The Hall–Kier alpha value is -2.02. The first-order chi connectivity index (χ1) is 8.32. The highest BCUT2D eigenvalue weighted by atomic mass is 19.1. The monoisotopic (exact) mass is 255 g/mol. The number of hydrogen-bond acceptors (Lipinski definition) is 4. The van der Waals surface area contributed by atoms with Crippen molar-refractivity contribution < 1.29 is 14.1 Å². The molecule has 0 radical (unpaired) electrons. The van der Waals surface area contributed by atoms with Crippen molar-refractivity contribution >= 4 is 17.3 Å². The molecule has 1 amide bonds. The molecule has 0 aliphatic rings. The average molecular weight is 255 g/mol. The summed E-state index contributed by atoms with van der Waals surface area (Å²) in [6.07, 6.45) is 0. The number of anilines is 1. The molecular formula is C11H14FN3O3. The molecule has 0 saturated carbocycles. The molecule has 0 aliphatic carbocycles. The summed E-state index contributed by atoms with van der Waals surface area (Å²) in [6, 6.07) is 2.40. The molecule has 98 valence electrons. The van der Waals surface area contributed by atoms with Crippen LogP contribution in [0.25, 0.3) is 0 Å². The van der Waals surface area contributed by atoms with Crippen LogP contribution in [0.5, 0.6) is 0 Å². The van der Waals surface area contributed by atoms with Crippen LogP contribution in [0, 0.1) is 21.8 Å². The van der Waals surface area contributed by atoms with Crippen molar-refractivity contribution in [2.45, 2.75) is 19.9 Å². The molecule has 1 aromatic carbocycles. The molecule has 1 rings (SSSR count).